The molecule has 0 radical (unpaired) electrons. The Morgan fingerprint density at radius 1 is 1.17 bits per heavy atom. The number of benzene rings is 1. The van der Waals surface area contributed by atoms with Crippen LogP contribution in [0.5, 0.6) is 0 Å². The van der Waals surface area contributed by atoms with Gasteiger partial charge in [0, 0.05) is 18.3 Å². The molecule has 0 saturated carbocycles. The van der Waals surface area contributed by atoms with E-state index in [1.165, 1.54) is 0 Å². The van der Waals surface area contributed by atoms with Gasteiger partial charge in [0.15, 0.2) is 5.60 Å². The number of ether oxygens (including phenoxy) is 3. The first kappa shape index (κ1) is 19.8. The Morgan fingerprint density at radius 2 is 1.83 bits per heavy atom. The third-order valence-corrected chi connectivity index (χ3v) is 6.26. The van der Waals surface area contributed by atoms with Crippen molar-refractivity contribution in [2.45, 2.75) is 38.8 Å². The summed E-state index contributed by atoms with van der Waals surface area (Å²) in [5.74, 6) is -4.07. The van der Waals surface area contributed by atoms with Crippen LogP contribution in [0.3, 0.4) is 0 Å². The quantitative estimate of drug-likeness (QED) is 0.291. The van der Waals surface area contributed by atoms with Crippen molar-refractivity contribution < 1.29 is 33.4 Å². The smallest absolute Gasteiger partial charge is 0.305 e. The molecular weight excluding hydrogens is 446 g/mol. The molecule has 3 aliphatic rings. The highest BCUT2D eigenvalue weighted by molar-refractivity contribution is 9.10. The molecule has 2 amide bonds. The van der Waals surface area contributed by atoms with Crippen LogP contribution in [0.2, 0.25) is 0 Å². The molecule has 9 heteroatoms. The largest absolute Gasteiger partial charge is 0.422 e. The molecule has 4 rings (SSSR count). The third-order valence-electron chi connectivity index (χ3n) is 5.41. The monoisotopic (exact) mass is 463 g/mol. The van der Waals surface area contributed by atoms with Gasteiger partial charge in [0.2, 0.25) is 11.8 Å². The van der Waals surface area contributed by atoms with Crippen molar-refractivity contribution in [3.05, 3.63) is 40.4 Å². The van der Waals surface area contributed by atoms with Crippen LogP contribution in [-0.4, -0.2) is 41.7 Å². The molecule has 0 aromatic heterocycles. The molecule has 0 unspecified atom stereocenters. The maximum Gasteiger partial charge on any atom is 0.305 e. The second kappa shape index (κ2) is 6.77. The molecule has 0 N–H and O–H groups in total. The molecule has 152 valence electrons. The number of anilines is 1. The van der Waals surface area contributed by atoms with Crippen molar-refractivity contribution in [1.29, 1.82) is 0 Å². The first-order valence-electron chi connectivity index (χ1n) is 9.01. The fourth-order valence-electron chi connectivity index (χ4n) is 4.19. The van der Waals surface area contributed by atoms with E-state index >= 15 is 0 Å². The SMILES string of the molecule is CC(=O)OC(OC(C)=O)[C@@]12C=C[C@@H](O1)[C@H]1C(=O)N(c3ccc(C)c(Br)c3)C(=O)[C@H]12. The number of hydrogen-bond donors (Lipinski definition) is 0. The van der Waals surface area contributed by atoms with Gasteiger partial charge < -0.3 is 14.2 Å². The zero-order valence-electron chi connectivity index (χ0n) is 15.9. The van der Waals surface area contributed by atoms with Crippen LogP contribution >= 0.6 is 15.9 Å². The molecule has 0 aliphatic carbocycles. The second-order valence-corrected chi connectivity index (χ2v) is 8.15. The van der Waals surface area contributed by atoms with E-state index in [1.807, 2.05) is 6.92 Å². The van der Waals surface area contributed by atoms with Crippen molar-refractivity contribution in [2.24, 2.45) is 11.8 Å². The molecule has 29 heavy (non-hydrogen) atoms. The number of fused-ring (bicyclic) bond motifs is 5. The van der Waals surface area contributed by atoms with Crippen molar-refractivity contribution in [3.8, 4) is 0 Å². The fourth-order valence-corrected chi connectivity index (χ4v) is 4.56. The number of nitrogens with zero attached hydrogens (tertiary/aromatic N) is 1. The summed E-state index contributed by atoms with van der Waals surface area (Å²) >= 11 is 3.42. The second-order valence-electron chi connectivity index (χ2n) is 7.29. The Kier molecular flexibility index (Phi) is 4.62. The number of amides is 2. The van der Waals surface area contributed by atoms with Gasteiger partial charge >= 0.3 is 11.9 Å². The lowest BCUT2D eigenvalue weighted by atomic mass is 9.76. The van der Waals surface area contributed by atoms with E-state index in [0.29, 0.717) is 5.69 Å². The number of aryl methyl sites for hydroxylation is 1. The van der Waals surface area contributed by atoms with Crippen molar-refractivity contribution in [1.82, 2.24) is 0 Å². The summed E-state index contributed by atoms with van der Waals surface area (Å²) in [5.41, 5.74) is -0.159. The van der Waals surface area contributed by atoms with Gasteiger partial charge in [0.1, 0.15) is 0 Å². The van der Waals surface area contributed by atoms with Crippen LogP contribution in [0.15, 0.2) is 34.8 Å². The van der Waals surface area contributed by atoms with Crippen molar-refractivity contribution >= 4 is 45.4 Å². The topological polar surface area (TPSA) is 99.2 Å². The number of imide groups is 1. The summed E-state index contributed by atoms with van der Waals surface area (Å²) < 4.78 is 17.0. The van der Waals surface area contributed by atoms with E-state index < -0.39 is 53.6 Å². The van der Waals surface area contributed by atoms with Gasteiger partial charge in [-0.05, 0) is 30.7 Å². The van der Waals surface area contributed by atoms with Gasteiger partial charge in [-0.3, -0.25) is 19.2 Å². The molecule has 2 bridgehead atoms. The first-order chi connectivity index (χ1) is 13.7. The van der Waals surface area contributed by atoms with Gasteiger partial charge in [-0.2, -0.15) is 0 Å². The Morgan fingerprint density at radius 3 is 2.41 bits per heavy atom. The molecule has 1 aromatic carbocycles. The summed E-state index contributed by atoms with van der Waals surface area (Å²) in [7, 11) is 0. The number of esters is 2. The third kappa shape index (κ3) is 2.91. The molecule has 3 heterocycles. The number of halogens is 1. The van der Waals surface area contributed by atoms with Gasteiger partial charge in [0.25, 0.3) is 6.29 Å². The number of carbonyl (C=O) groups is 4. The Hall–Kier alpha value is -2.52. The molecular formula is C20H18BrNO7. The average Bonchev–Trinajstić information content (AvgIpc) is 3.28. The minimum atomic E-state index is -1.55. The highest BCUT2D eigenvalue weighted by Crippen LogP contribution is 2.54. The predicted molar refractivity (Wildman–Crippen MR) is 102 cm³/mol. The minimum Gasteiger partial charge on any atom is -0.422 e. The summed E-state index contributed by atoms with van der Waals surface area (Å²) in [5, 5.41) is 0. The molecule has 1 aromatic rings. The van der Waals surface area contributed by atoms with Gasteiger partial charge in [-0.1, -0.05) is 28.1 Å². The van der Waals surface area contributed by atoms with E-state index in [0.717, 1.165) is 28.8 Å². The van der Waals surface area contributed by atoms with E-state index in [4.69, 9.17) is 14.2 Å². The van der Waals surface area contributed by atoms with E-state index in [1.54, 1.807) is 30.4 Å². The van der Waals surface area contributed by atoms with Crippen LogP contribution in [0.4, 0.5) is 5.69 Å². The van der Waals surface area contributed by atoms with E-state index in [2.05, 4.69) is 15.9 Å². The highest BCUT2D eigenvalue weighted by Gasteiger charge is 2.72. The predicted octanol–water partition coefficient (Wildman–Crippen LogP) is 2.02. The van der Waals surface area contributed by atoms with Crippen molar-refractivity contribution in [3.63, 3.8) is 0 Å². The van der Waals surface area contributed by atoms with E-state index in [-0.39, 0.29) is 0 Å². The average molecular weight is 464 g/mol. The standard InChI is InChI=1S/C20H18BrNO7/c1-9-4-5-12(8-13(9)21)22-17(25)15-14-6-7-20(29-14,16(15)18(22)26)19(27-10(2)23)28-11(3)24/h4-8,14-16,19H,1-3H3/t14-,15-,16+,20+/m1/s1. The molecule has 0 spiro atoms. The fraction of sp³-hybridized carbons (Fsp3) is 0.400. The maximum atomic E-state index is 13.4. The number of rotatable bonds is 4. The Labute approximate surface area is 174 Å². The lowest BCUT2D eigenvalue weighted by Crippen LogP contribution is -2.52. The summed E-state index contributed by atoms with van der Waals surface area (Å²) in [4.78, 5) is 50.8. The summed E-state index contributed by atoms with van der Waals surface area (Å²) in [6.45, 7) is 4.22. The Bertz CT molecular complexity index is 958. The minimum absolute atomic E-state index is 0.406. The molecule has 2 saturated heterocycles. The van der Waals surface area contributed by atoms with Crippen molar-refractivity contribution in [2.75, 3.05) is 4.90 Å². The van der Waals surface area contributed by atoms with Crippen LogP contribution < -0.4 is 4.90 Å². The lowest BCUT2D eigenvalue weighted by Gasteiger charge is -2.34. The zero-order valence-corrected chi connectivity index (χ0v) is 17.5. The maximum absolute atomic E-state index is 13.4. The zero-order chi connectivity index (χ0) is 21.1. The van der Waals surface area contributed by atoms with Crippen LogP contribution in [0.1, 0.15) is 19.4 Å². The van der Waals surface area contributed by atoms with Crippen LogP contribution in [0, 0.1) is 18.8 Å². The van der Waals surface area contributed by atoms with Gasteiger partial charge in [0.05, 0.1) is 23.6 Å². The molecule has 3 aliphatic heterocycles. The highest BCUT2D eigenvalue weighted by atomic mass is 79.9. The summed E-state index contributed by atoms with van der Waals surface area (Å²) in [6, 6.07) is 5.19. The summed E-state index contributed by atoms with van der Waals surface area (Å²) in [6.07, 6.45) is 1.04. The van der Waals surface area contributed by atoms with Crippen LogP contribution in [-0.2, 0) is 33.4 Å². The number of carbonyl (C=O) groups excluding carboxylic acids is 4. The molecule has 8 nitrogen and oxygen atoms in total. The van der Waals surface area contributed by atoms with E-state index in [9.17, 15) is 19.2 Å². The van der Waals surface area contributed by atoms with Crippen LogP contribution in [0.25, 0.3) is 0 Å². The Balaban J connectivity index is 1.75. The first-order valence-corrected chi connectivity index (χ1v) is 9.80. The molecule has 4 atom stereocenters. The van der Waals surface area contributed by atoms with Gasteiger partial charge in [-0.25, -0.2) is 4.90 Å². The molecule has 2 fully saturated rings. The number of hydrogen-bond acceptors (Lipinski definition) is 7. The lowest BCUT2D eigenvalue weighted by molar-refractivity contribution is -0.226. The van der Waals surface area contributed by atoms with Gasteiger partial charge in [-0.15, -0.1) is 0 Å². The normalized spacial score (nSPS) is 29.6.